The number of aryl methyl sites for hydroxylation is 1. The molecule has 4 bridgehead atoms. The molecule has 4 aliphatic rings. The van der Waals surface area contributed by atoms with Crippen LogP contribution < -0.4 is 10.6 Å². The second-order valence-corrected chi connectivity index (χ2v) is 10.9. The van der Waals surface area contributed by atoms with Crippen molar-refractivity contribution in [2.75, 3.05) is 20.1 Å². The van der Waals surface area contributed by atoms with E-state index in [1.54, 1.807) is 4.90 Å². The molecule has 1 aromatic heterocycles. The summed E-state index contributed by atoms with van der Waals surface area (Å²) in [6.07, 6.45) is 9.51. The van der Waals surface area contributed by atoms with Crippen LogP contribution in [0.1, 0.15) is 57.1 Å². The van der Waals surface area contributed by atoms with E-state index in [-0.39, 0.29) is 17.5 Å². The van der Waals surface area contributed by atoms with E-state index in [1.807, 2.05) is 37.4 Å². The number of nitrogens with one attached hydrogen (secondary N) is 3. The van der Waals surface area contributed by atoms with E-state index in [4.69, 9.17) is 0 Å². The minimum Gasteiger partial charge on any atom is -0.346 e. The number of benzene rings is 1. The topological polar surface area (TPSA) is 90.1 Å². The van der Waals surface area contributed by atoms with Crippen molar-refractivity contribution in [1.29, 1.82) is 0 Å². The van der Waals surface area contributed by atoms with Gasteiger partial charge in [-0.05, 0) is 75.2 Å². The maximum absolute atomic E-state index is 12.6. The normalized spacial score (nSPS) is 26.9. The Balaban J connectivity index is 0.992. The van der Waals surface area contributed by atoms with Gasteiger partial charge in [0.05, 0.1) is 5.69 Å². The van der Waals surface area contributed by atoms with E-state index in [0.29, 0.717) is 19.5 Å². The molecule has 6 rings (SSSR count). The molecule has 1 heterocycles. The number of nitrogens with zero attached hydrogens (tertiary/aromatic N) is 2. The van der Waals surface area contributed by atoms with E-state index in [0.717, 1.165) is 66.8 Å². The second kappa shape index (κ2) is 9.80. The molecule has 0 aliphatic heterocycles. The number of H-pyrrole nitrogens is 1. The van der Waals surface area contributed by atoms with Crippen LogP contribution in [0.2, 0.25) is 0 Å². The van der Waals surface area contributed by atoms with Crippen molar-refractivity contribution in [3.63, 3.8) is 0 Å². The number of carbonyl (C=O) groups is 2. The van der Waals surface area contributed by atoms with Crippen LogP contribution in [0.25, 0.3) is 11.3 Å². The molecule has 0 atom stereocenters. The fraction of sp³-hybridized carbons (Fsp3) is 0.593. The van der Waals surface area contributed by atoms with Crippen molar-refractivity contribution in [3.05, 3.63) is 42.1 Å². The molecule has 4 aliphatic carbocycles. The summed E-state index contributed by atoms with van der Waals surface area (Å²) in [5, 5.41) is 13.7. The van der Waals surface area contributed by atoms with Gasteiger partial charge in [-0.25, -0.2) is 4.79 Å². The van der Waals surface area contributed by atoms with Gasteiger partial charge in [-0.2, -0.15) is 5.10 Å². The second-order valence-electron chi connectivity index (χ2n) is 10.9. The maximum atomic E-state index is 12.6. The SMILES string of the molecule is CN(CCCc1cc(-c2ccccc2)n[nH]1)C(=O)CCNC(=O)NC12CC3CC(CC(C3)C1)C2. The highest BCUT2D eigenvalue weighted by Crippen LogP contribution is 2.55. The third-order valence-corrected chi connectivity index (χ3v) is 8.11. The molecule has 4 saturated carbocycles. The van der Waals surface area contributed by atoms with Gasteiger partial charge < -0.3 is 15.5 Å². The Kier molecular flexibility index (Phi) is 6.61. The summed E-state index contributed by atoms with van der Waals surface area (Å²) in [5.41, 5.74) is 3.12. The van der Waals surface area contributed by atoms with Gasteiger partial charge in [0.2, 0.25) is 5.91 Å². The number of aromatic amines is 1. The number of hydrogen-bond acceptors (Lipinski definition) is 3. The summed E-state index contributed by atoms with van der Waals surface area (Å²) in [4.78, 5) is 26.8. The molecular weight excluding hydrogens is 426 g/mol. The maximum Gasteiger partial charge on any atom is 0.315 e. The molecule has 182 valence electrons. The fourth-order valence-corrected chi connectivity index (χ4v) is 6.90. The lowest BCUT2D eigenvalue weighted by Crippen LogP contribution is -2.61. The highest BCUT2D eigenvalue weighted by Gasteiger charge is 2.51. The lowest BCUT2D eigenvalue weighted by Gasteiger charge is -2.56. The average Bonchev–Trinajstić information content (AvgIpc) is 3.27. The highest BCUT2D eigenvalue weighted by atomic mass is 16.2. The fourth-order valence-electron chi connectivity index (χ4n) is 6.90. The zero-order valence-corrected chi connectivity index (χ0v) is 20.2. The predicted molar refractivity (Wildman–Crippen MR) is 132 cm³/mol. The minimum atomic E-state index is -0.106. The van der Waals surface area contributed by atoms with Crippen molar-refractivity contribution < 1.29 is 9.59 Å². The van der Waals surface area contributed by atoms with Gasteiger partial charge >= 0.3 is 6.03 Å². The van der Waals surface area contributed by atoms with E-state index in [2.05, 4.69) is 26.9 Å². The zero-order valence-electron chi connectivity index (χ0n) is 20.2. The van der Waals surface area contributed by atoms with E-state index in [1.165, 1.54) is 19.3 Å². The predicted octanol–water partition coefficient (Wildman–Crippen LogP) is 4.13. The van der Waals surface area contributed by atoms with Crippen LogP contribution in [-0.4, -0.2) is 52.7 Å². The molecular formula is C27H37N5O2. The van der Waals surface area contributed by atoms with Gasteiger partial charge in [-0.3, -0.25) is 9.89 Å². The smallest absolute Gasteiger partial charge is 0.315 e. The molecule has 0 radical (unpaired) electrons. The first kappa shape index (κ1) is 22.9. The van der Waals surface area contributed by atoms with Crippen LogP contribution in [0.5, 0.6) is 0 Å². The molecule has 0 unspecified atom stereocenters. The monoisotopic (exact) mass is 463 g/mol. The van der Waals surface area contributed by atoms with E-state index >= 15 is 0 Å². The Morgan fingerprint density at radius 3 is 2.44 bits per heavy atom. The third kappa shape index (κ3) is 5.29. The highest BCUT2D eigenvalue weighted by molar-refractivity contribution is 5.78. The number of aromatic nitrogens is 2. The lowest BCUT2D eigenvalue weighted by atomic mass is 9.53. The first-order chi connectivity index (χ1) is 16.5. The molecule has 3 N–H and O–H groups in total. The van der Waals surface area contributed by atoms with Crippen molar-refractivity contribution in [2.24, 2.45) is 17.8 Å². The number of urea groups is 1. The first-order valence-electron chi connectivity index (χ1n) is 12.9. The van der Waals surface area contributed by atoms with Crippen LogP contribution in [-0.2, 0) is 11.2 Å². The molecule has 1 aromatic carbocycles. The van der Waals surface area contributed by atoms with Crippen molar-refractivity contribution >= 4 is 11.9 Å². The first-order valence-corrected chi connectivity index (χ1v) is 12.9. The van der Waals surface area contributed by atoms with Crippen LogP contribution >= 0.6 is 0 Å². The van der Waals surface area contributed by atoms with Crippen molar-refractivity contribution in [2.45, 2.75) is 63.3 Å². The van der Waals surface area contributed by atoms with Crippen LogP contribution in [0.15, 0.2) is 36.4 Å². The number of carbonyl (C=O) groups excluding carboxylic acids is 2. The summed E-state index contributed by atoms with van der Waals surface area (Å²) in [7, 11) is 1.83. The van der Waals surface area contributed by atoms with Gasteiger partial charge in [0.1, 0.15) is 0 Å². The molecule has 3 amide bonds. The molecule has 7 nitrogen and oxygen atoms in total. The minimum absolute atomic E-state index is 0.00663. The van der Waals surface area contributed by atoms with Gasteiger partial charge in [0.25, 0.3) is 0 Å². The number of hydrogen-bond donors (Lipinski definition) is 3. The molecule has 7 heteroatoms. The Bertz CT molecular complexity index is 966. The van der Waals surface area contributed by atoms with Crippen molar-refractivity contribution in [1.82, 2.24) is 25.7 Å². The van der Waals surface area contributed by atoms with Crippen LogP contribution in [0.3, 0.4) is 0 Å². The third-order valence-electron chi connectivity index (χ3n) is 8.11. The summed E-state index contributed by atoms with van der Waals surface area (Å²) < 4.78 is 0. The van der Waals surface area contributed by atoms with E-state index in [9.17, 15) is 9.59 Å². The average molecular weight is 464 g/mol. The standard InChI is InChI=1S/C27H37N5O2/c1-32(11-5-8-23-15-24(31-30-23)22-6-3-2-4-7-22)25(33)9-10-28-26(34)29-27-16-19-12-20(17-27)14-21(13-19)18-27/h2-4,6-7,15,19-21H,5,8-14,16-18H2,1H3,(H,30,31)(H2,28,29,34). The van der Waals surface area contributed by atoms with Crippen LogP contribution in [0, 0.1) is 17.8 Å². The van der Waals surface area contributed by atoms with Gasteiger partial charge in [-0.1, -0.05) is 30.3 Å². The summed E-state index contributed by atoms with van der Waals surface area (Å²) in [6.45, 7) is 1.06. The summed E-state index contributed by atoms with van der Waals surface area (Å²) >= 11 is 0. The molecule has 4 fully saturated rings. The molecule has 2 aromatic rings. The van der Waals surface area contributed by atoms with Gasteiger partial charge in [0, 0.05) is 43.4 Å². The summed E-state index contributed by atoms with van der Waals surface area (Å²) in [5.74, 6) is 2.46. The van der Waals surface area contributed by atoms with Crippen LogP contribution in [0.4, 0.5) is 4.79 Å². The Labute approximate surface area is 202 Å². The molecule has 34 heavy (non-hydrogen) atoms. The summed E-state index contributed by atoms with van der Waals surface area (Å²) in [6, 6.07) is 12.1. The Hall–Kier alpha value is -2.83. The van der Waals surface area contributed by atoms with Gasteiger partial charge in [-0.15, -0.1) is 0 Å². The quantitative estimate of drug-likeness (QED) is 0.522. The number of amides is 3. The Morgan fingerprint density at radius 2 is 1.76 bits per heavy atom. The van der Waals surface area contributed by atoms with Gasteiger partial charge in [0.15, 0.2) is 0 Å². The number of rotatable bonds is 9. The van der Waals surface area contributed by atoms with E-state index < -0.39 is 0 Å². The Morgan fingerprint density at radius 1 is 1.09 bits per heavy atom. The zero-order chi connectivity index (χ0) is 23.5. The van der Waals surface area contributed by atoms with Crippen molar-refractivity contribution in [3.8, 4) is 11.3 Å². The lowest BCUT2D eigenvalue weighted by molar-refractivity contribution is -0.129. The molecule has 0 saturated heterocycles. The molecule has 0 spiro atoms. The largest absolute Gasteiger partial charge is 0.346 e.